The number of nitrogens with one attached hydrogen (secondary N) is 1. The van der Waals surface area contributed by atoms with Crippen LogP contribution >= 0.6 is 0 Å². The van der Waals surface area contributed by atoms with E-state index < -0.39 is 12.1 Å². The van der Waals surface area contributed by atoms with Crippen molar-refractivity contribution in [2.24, 2.45) is 7.05 Å². The summed E-state index contributed by atoms with van der Waals surface area (Å²) < 4.78 is 35.4. The summed E-state index contributed by atoms with van der Waals surface area (Å²) >= 11 is 0. The Morgan fingerprint density at radius 1 is 1.36 bits per heavy atom. The molecule has 148 valence electrons. The van der Waals surface area contributed by atoms with Crippen LogP contribution in [0.25, 0.3) is 11.2 Å². The fraction of sp³-hybridized carbons (Fsp3) is 0.333. The number of nitriles is 1. The van der Waals surface area contributed by atoms with E-state index in [0.29, 0.717) is 18.3 Å². The minimum atomic E-state index is -5.08. The predicted octanol–water partition coefficient (Wildman–Crippen LogP) is 1.57. The molecule has 0 aromatic carbocycles. The standard InChI is InChI=1S/C13H14N8.C2HF3O2/c1-20-9-18-10-8-17-13(19-12(10)20)16-3-2-5-21-6-4-15-11(21)7-14;3-2(4,5)1(6)7/h4,6,8-9H,2-3,5H2,1H3,(H,16,17,19);(H,6,7). The van der Waals surface area contributed by atoms with Gasteiger partial charge in [0.2, 0.25) is 11.8 Å². The number of halogens is 3. The van der Waals surface area contributed by atoms with Crippen LogP contribution in [0.15, 0.2) is 24.9 Å². The van der Waals surface area contributed by atoms with Crippen LogP contribution in [0.4, 0.5) is 19.1 Å². The first-order valence-corrected chi connectivity index (χ1v) is 7.81. The average Bonchev–Trinajstić information content (AvgIpc) is 3.25. The van der Waals surface area contributed by atoms with Crippen LogP contribution in [0.3, 0.4) is 0 Å². The van der Waals surface area contributed by atoms with Gasteiger partial charge in [0.1, 0.15) is 11.6 Å². The number of nitrogens with zero attached hydrogens (tertiary/aromatic N) is 7. The van der Waals surface area contributed by atoms with Gasteiger partial charge in [-0.2, -0.15) is 23.4 Å². The van der Waals surface area contributed by atoms with Gasteiger partial charge in [0.05, 0.1) is 12.5 Å². The lowest BCUT2D eigenvalue weighted by Gasteiger charge is -2.06. The van der Waals surface area contributed by atoms with Crippen LogP contribution in [-0.4, -0.2) is 52.9 Å². The summed E-state index contributed by atoms with van der Waals surface area (Å²) in [5, 5.41) is 19.2. The molecule has 0 radical (unpaired) electrons. The molecular weight excluding hydrogens is 381 g/mol. The molecule has 13 heteroatoms. The van der Waals surface area contributed by atoms with Gasteiger partial charge in [0.25, 0.3) is 0 Å². The number of rotatable bonds is 5. The molecule has 3 rings (SSSR count). The smallest absolute Gasteiger partial charge is 0.475 e. The van der Waals surface area contributed by atoms with Gasteiger partial charge in [-0.05, 0) is 6.42 Å². The highest BCUT2D eigenvalue weighted by atomic mass is 19.4. The van der Waals surface area contributed by atoms with Crippen LogP contribution < -0.4 is 5.32 Å². The number of carbonyl (C=O) groups is 1. The number of aromatic nitrogens is 6. The average molecular weight is 396 g/mol. The van der Waals surface area contributed by atoms with Crippen molar-refractivity contribution in [3.05, 3.63) is 30.7 Å². The molecule has 0 atom stereocenters. The summed E-state index contributed by atoms with van der Waals surface area (Å²) in [4.78, 5) is 25.7. The highest BCUT2D eigenvalue weighted by molar-refractivity contribution is 5.73. The Kier molecular flexibility index (Phi) is 6.48. The minimum absolute atomic E-state index is 0.433. The maximum absolute atomic E-state index is 10.6. The molecule has 0 bridgehead atoms. The SMILES string of the molecule is Cn1cnc2cnc(NCCCn3ccnc3C#N)nc21.O=C(O)C(F)(F)F. The number of anilines is 1. The third-order valence-corrected chi connectivity index (χ3v) is 3.37. The zero-order valence-corrected chi connectivity index (χ0v) is 14.6. The molecule has 0 saturated carbocycles. The van der Waals surface area contributed by atoms with Gasteiger partial charge in [-0.25, -0.2) is 19.7 Å². The molecule has 2 N–H and O–H groups in total. The number of fused-ring (bicyclic) bond motifs is 1. The summed E-state index contributed by atoms with van der Waals surface area (Å²) in [5.41, 5.74) is 1.58. The molecule has 10 nitrogen and oxygen atoms in total. The maximum atomic E-state index is 10.6. The first kappa shape index (κ1) is 20.6. The number of carboxylic acid groups (broad SMARTS) is 1. The summed E-state index contributed by atoms with van der Waals surface area (Å²) in [7, 11) is 1.90. The lowest BCUT2D eigenvalue weighted by atomic mass is 10.4. The van der Waals surface area contributed by atoms with Crippen LogP contribution in [0, 0.1) is 11.3 Å². The van der Waals surface area contributed by atoms with E-state index in [0.717, 1.165) is 24.1 Å². The van der Waals surface area contributed by atoms with Crippen molar-refractivity contribution in [1.29, 1.82) is 5.26 Å². The van der Waals surface area contributed by atoms with E-state index in [-0.39, 0.29) is 0 Å². The van der Waals surface area contributed by atoms with Crippen molar-refractivity contribution >= 4 is 23.1 Å². The minimum Gasteiger partial charge on any atom is -0.475 e. The molecule has 0 saturated heterocycles. The Balaban J connectivity index is 0.000000345. The highest BCUT2D eigenvalue weighted by Crippen LogP contribution is 2.13. The third kappa shape index (κ3) is 5.40. The highest BCUT2D eigenvalue weighted by Gasteiger charge is 2.38. The van der Waals surface area contributed by atoms with E-state index in [1.165, 1.54) is 0 Å². The number of hydrogen-bond acceptors (Lipinski definition) is 7. The van der Waals surface area contributed by atoms with Gasteiger partial charge in [-0.15, -0.1) is 0 Å². The van der Waals surface area contributed by atoms with Crippen molar-refractivity contribution < 1.29 is 23.1 Å². The number of imidazole rings is 2. The summed E-state index contributed by atoms with van der Waals surface area (Å²) in [6, 6.07) is 2.05. The molecule has 0 aliphatic heterocycles. The second-order valence-corrected chi connectivity index (χ2v) is 5.40. The fourth-order valence-electron chi connectivity index (χ4n) is 2.06. The first-order valence-electron chi connectivity index (χ1n) is 7.81. The lowest BCUT2D eigenvalue weighted by Crippen LogP contribution is -2.21. The monoisotopic (exact) mass is 396 g/mol. The van der Waals surface area contributed by atoms with Gasteiger partial charge in [0, 0.05) is 32.5 Å². The molecule has 0 aliphatic carbocycles. The number of aryl methyl sites for hydroxylation is 2. The molecule has 0 spiro atoms. The second-order valence-electron chi connectivity index (χ2n) is 5.40. The first-order chi connectivity index (χ1) is 13.2. The Morgan fingerprint density at radius 3 is 2.71 bits per heavy atom. The Labute approximate surface area is 156 Å². The molecule has 0 amide bonds. The third-order valence-electron chi connectivity index (χ3n) is 3.37. The molecule has 3 aromatic heterocycles. The van der Waals surface area contributed by atoms with E-state index in [4.69, 9.17) is 15.2 Å². The molecule has 0 aliphatic rings. The Bertz CT molecular complexity index is 989. The second kappa shape index (κ2) is 8.80. The fourth-order valence-corrected chi connectivity index (χ4v) is 2.06. The molecule has 0 unspecified atom stereocenters. The lowest BCUT2D eigenvalue weighted by molar-refractivity contribution is -0.192. The Hall–Kier alpha value is -3.69. The molecular formula is C15H15F3N8O2. The normalized spacial score (nSPS) is 10.8. The number of aliphatic carboxylic acids is 1. The van der Waals surface area contributed by atoms with Crippen molar-refractivity contribution in [3.8, 4) is 6.07 Å². The maximum Gasteiger partial charge on any atom is 0.490 e. The van der Waals surface area contributed by atoms with E-state index >= 15 is 0 Å². The molecule has 0 fully saturated rings. The Morgan fingerprint density at radius 2 is 2.07 bits per heavy atom. The van der Waals surface area contributed by atoms with Gasteiger partial charge >= 0.3 is 12.1 Å². The van der Waals surface area contributed by atoms with Crippen LogP contribution in [-0.2, 0) is 18.4 Å². The van der Waals surface area contributed by atoms with Gasteiger partial charge in [0.15, 0.2) is 5.65 Å². The number of alkyl halides is 3. The number of carboxylic acids is 1. The summed E-state index contributed by atoms with van der Waals surface area (Å²) in [6.45, 7) is 1.44. The van der Waals surface area contributed by atoms with Gasteiger partial charge in [-0.3, -0.25) is 0 Å². The quantitative estimate of drug-likeness (QED) is 0.621. The molecule has 3 heterocycles. The number of hydrogen-bond donors (Lipinski definition) is 2. The molecule has 28 heavy (non-hydrogen) atoms. The van der Waals surface area contributed by atoms with E-state index in [1.807, 2.05) is 16.2 Å². The summed E-state index contributed by atoms with van der Waals surface area (Å²) in [5.74, 6) is -1.74. The van der Waals surface area contributed by atoms with E-state index in [2.05, 4.69) is 31.3 Å². The summed E-state index contributed by atoms with van der Waals surface area (Å²) in [6.07, 6.45) is 2.61. The van der Waals surface area contributed by atoms with Crippen LogP contribution in [0.1, 0.15) is 12.2 Å². The largest absolute Gasteiger partial charge is 0.490 e. The van der Waals surface area contributed by atoms with Crippen molar-refractivity contribution in [1.82, 2.24) is 29.1 Å². The van der Waals surface area contributed by atoms with E-state index in [1.54, 1.807) is 24.9 Å². The van der Waals surface area contributed by atoms with E-state index in [9.17, 15) is 13.2 Å². The molecule has 3 aromatic rings. The van der Waals surface area contributed by atoms with Crippen LogP contribution in [0.2, 0.25) is 0 Å². The van der Waals surface area contributed by atoms with Gasteiger partial charge in [-0.1, -0.05) is 0 Å². The van der Waals surface area contributed by atoms with Crippen molar-refractivity contribution in [2.45, 2.75) is 19.1 Å². The predicted molar refractivity (Wildman–Crippen MR) is 90.0 cm³/mol. The van der Waals surface area contributed by atoms with Gasteiger partial charge < -0.3 is 19.6 Å². The zero-order valence-electron chi connectivity index (χ0n) is 14.6. The van der Waals surface area contributed by atoms with Crippen molar-refractivity contribution in [2.75, 3.05) is 11.9 Å². The van der Waals surface area contributed by atoms with Crippen molar-refractivity contribution in [3.63, 3.8) is 0 Å². The van der Waals surface area contributed by atoms with Crippen LogP contribution in [0.5, 0.6) is 0 Å². The zero-order chi connectivity index (χ0) is 20.7. The topological polar surface area (TPSA) is 135 Å².